The molecule has 6 nitrogen and oxygen atoms in total. The van der Waals surface area contributed by atoms with E-state index in [4.69, 9.17) is 5.11 Å². The number of aromatic amines is 1. The average molecular weight is 279 g/mol. The minimum absolute atomic E-state index is 0.122. The fourth-order valence-corrected chi connectivity index (χ4v) is 2.55. The Hall–Kier alpha value is -3.15. The smallest absolute Gasteiger partial charge is 0.335 e. The maximum absolute atomic E-state index is 12.3. The van der Waals surface area contributed by atoms with Gasteiger partial charge >= 0.3 is 11.7 Å². The Kier molecular flexibility index (Phi) is 2.18. The molecular weight excluding hydrogens is 270 g/mol. The highest BCUT2D eigenvalue weighted by molar-refractivity contribution is 5.98. The summed E-state index contributed by atoms with van der Waals surface area (Å²) in [6.45, 7) is 0. The van der Waals surface area contributed by atoms with E-state index in [1.807, 2.05) is 18.2 Å². The Morgan fingerprint density at radius 3 is 2.81 bits per heavy atom. The fourth-order valence-electron chi connectivity index (χ4n) is 2.55. The van der Waals surface area contributed by atoms with Gasteiger partial charge in [-0.2, -0.15) is 0 Å². The van der Waals surface area contributed by atoms with Crippen LogP contribution in [0.1, 0.15) is 10.4 Å². The number of hydrogen-bond acceptors (Lipinski definition) is 3. The lowest BCUT2D eigenvalue weighted by atomic mass is 10.2. The van der Waals surface area contributed by atoms with E-state index in [-0.39, 0.29) is 11.3 Å². The lowest BCUT2D eigenvalue weighted by Gasteiger charge is -2.00. The van der Waals surface area contributed by atoms with Crippen molar-refractivity contribution in [1.29, 1.82) is 0 Å². The number of nitrogens with zero attached hydrogens (tertiary/aromatic N) is 2. The molecule has 6 heteroatoms. The largest absolute Gasteiger partial charge is 0.478 e. The summed E-state index contributed by atoms with van der Waals surface area (Å²) in [6.07, 6.45) is 0. The van der Waals surface area contributed by atoms with Crippen molar-refractivity contribution in [1.82, 2.24) is 14.4 Å². The molecule has 0 amide bonds. The van der Waals surface area contributed by atoms with E-state index in [2.05, 4.69) is 9.97 Å². The first-order valence-electron chi connectivity index (χ1n) is 6.32. The van der Waals surface area contributed by atoms with E-state index in [1.165, 1.54) is 16.5 Å². The number of fused-ring (bicyclic) bond motifs is 5. The summed E-state index contributed by atoms with van der Waals surface area (Å²) < 4.78 is 1.41. The van der Waals surface area contributed by atoms with Gasteiger partial charge in [-0.3, -0.25) is 0 Å². The van der Waals surface area contributed by atoms with Gasteiger partial charge in [0.25, 0.3) is 0 Å². The molecule has 0 radical (unpaired) electrons. The van der Waals surface area contributed by atoms with Gasteiger partial charge in [-0.15, -0.1) is 0 Å². The van der Waals surface area contributed by atoms with Crippen LogP contribution < -0.4 is 5.69 Å². The maximum Gasteiger partial charge on any atom is 0.335 e. The molecule has 0 saturated carbocycles. The Bertz CT molecular complexity index is 1090. The third kappa shape index (κ3) is 1.56. The third-order valence-electron chi connectivity index (χ3n) is 3.51. The van der Waals surface area contributed by atoms with Crippen LogP contribution >= 0.6 is 0 Å². The molecule has 0 aliphatic rings. The number of rotatable bonds is 1. The minimum Gasteiger partial charge on any atom is -0.478 e. The lowest BCUT2D eigenvalue weighted by molar-refractivity contribution is 0.0697. The lowest BCUT2D eigenvalue weighted by Crippen LogP contribution is -2.16. The molecule has 2 aromatic carbocycles. The van der Waals surface area contributed by atoms with Crippen LogP contribution in [0.2, 0.25) is 0 Å². The zero-order chi connectivity index (χ0) is 14.6. The van der Waals surface area contributed by atoms with Crippen LogP contribution in [0.5, 0.6) is 0 Å². The van der Waals surface area contributed by atoms with Gasteiger partial charge in [0, 0.05) is 5.39 Å². The van der Waals surface area contributed by atoms with E-state index < -0.39 is 5.97 Å². The zero-order valence-electron chi connectivity index (χ0n) is 10.7. The molecule has 0 bridgehead atoms. The first-order chi connectivity index (χ1) is 10.1. The molecule has 0 unspecified atom stereocenters. The number of carbonyl (C=O) groups is 1. The van der Waals surface area contributed by atoms with E-state index in [9.17, 15) is 9.59 Å². The standard InChI is InChI=1S/C15H9N3O3/c19-14(20)8-5-6-11-12(7-8)18-13(16-11)9-3-1-2-4-10(9)17-15(18)21/h1-7H,(H,17,21)(H,19,20). The van der Waals surface area contributed by atoms with Gasteiger partial charge in [0.05, 0.1) is 22.1 Å². The normalized spacial score (nSPS) is 11.4. The zero-order valence-corrected chi connectivity index (χ0v) is 10.7. The number of aromatic carboxylic acids is 1. The predicted molar refractivity (Wildman–Crippen MR) is 77.8 cm³/mol. The molecule has 0 fully saturated rings. The van der Waals surface area contributed by atoms with Gasteiger partial charge in [-0.25, -0.2) is 19.0 Å². The van der Waals surface area contributed by atoms with Crippen LogP contribution in [0.25, 0.3) is 27.6 Å². The van der Waals surface area contributed by atoms with E-state index in [0.717, 1.165) is 5.39 Å². The number of H-pyrrole nitrogens is 1. The second kappa shape index (κ2) is 3.92. The summed E-state index contributed by atoms with van der Waals surface area (Å²) in [5.74, 6) is -1.04. The second-order valence-electron chi connectivity index (χ2n) is 4.76. The molecule has 4 aromatic rings. The maximum atomic E-state index is 12.3. The molecule has 21 heavy (non-hydrogen) atoms. The van der Waals surface area contributed by atoms with Crippen molar-refractivity contribution in [3.05, 3.63) is 58.5 Å². The van der Waals surface area contributed by atoms with Crippen LogP contribution in [0.3, 0.4) is 0 Å². The highest BCUT2D eigenvalue weighted by Gasteiger charge is 2.13. The Labute approximate surface area is 117 Å². The van der Waals surface area contributed by atoms with E-state index in [0.29, 0.717) is 22.2 Å². The van der Waals surface area contributed by atoms with Crippen molar-refractivity contribution in [3.8, 4) is 0 Å². The van der Waals surface area contributed by atoms with Crippen molar-refractivity contribution in [3.63, 3.8) is 0 Å². The van der Waals surface area contributed by atoms with Gasteiger partial charge in [0.15, 0.2) is 5.65 Å². The van der Waals surface area contributed by atoms with Gasteiger partial charge in [-0.05, 0) is 30.3 Å². The summed E-state index contributed by atoms with van der Waals surface area (Å²) in [7, 11) is 0. The predicted octanol–water partition coefficient (Wildman–Crippen LogP) is 2.03. The Balaban J connectivity index is 2.27. The summed E-state index contributed by atoms with van der Waals surface area (Å²) in [5.41, 5.74) is 2.07. The molecule has 2 aromatic heterocycles. The highest BCUT2D eigenvalue weighted by Crippen LogP contribution is 2.21. The average Bonchev–Trinajstić information content (AvgIpc) is 2.86. The molecule has 4 rings (SSSR count). The number of carboxylic acids is 1. The molecule has 0 saturated heterocycles. The van der Waals surface area contributed by atoms with Crippen molar-refractivity contribution in [2.24, 2.45) is 0 Å². The van der Waals surface area contributed by atoms with Crippen LogP contribution in [0.15, 0.2) is 47.3 Å². The van der Waals surface area contributed by atoms with Crippen molar-refractivity contribution in [2.45, 2.75) is 0 Å². The van der Waals surface area contributed by atoms with Crippen molar-refractivity contribution in [2.75, 3.05) is 0 Å². The summed E-state index contributed by atoms with van der Waals surface area (Å²) >= 11 is 0. The monoisotopic (exact) mass is 279 g/mol. The van der Waals surface area contributed by atoms with Crippen molar-refractivity contribution < 1.29 is 9.90 Å². The van der Waals surface area contributed by atoms with Gasteiger partial charge in [0.1, 0.15) is 0 Å². The SMILES string of the molecule is O=C(O)c1ccc2nc3c4ccccc4[nH]c(=O)n3c2c1. The summed E-state index contributed by atoms with van der Waals surface area (Å²) in [4.78, 5) is 30.6. The van der Waals surface area contributed by atoms with Crippen LogP contribution in [-0.2, 0) is 0 Å². The molecule has 102 valence electrons. The van der Waals surface area contributed by atoms with Gasteiger partial charge < -0.3 is 10.1 Å². The first kappa shape index (κ1) is 11.7. The Morgan fingerprint density at radius 2 is 2.00 bits per heavy atom. The van der Waals surface area contributed by atoms with Gasteiger partial charge in [-0.1, -0.05) is 12.1 Å². The number of aromatic nitrogens is 3. The fraction of sp³-hybridized carbons (Fsp3) is 0. The molecule has 0 aliphatic carbocycles. The number of benzene rings is 2. The number of nitrogens with one attached hydrogen (secondary N) is 1. The Morgan fingerprint density at radius 1 is 1.19 bits per heavy atom. The molecule has 2 N–H and O–H groups in total. The van der Waals surface area contributed by atoms with Crippen LogP contribution in [-0.4, -0.2) is 25.4 Å². The molecule has 0 spiro atoms. The summed E-state index contributed by atoms with van der Waals surface area (Å²) in [6, 6.07) is 11.9. The quantitative estimate of drug-likeness (QED) is 0.558. The number of hydrogen-bond donors (Lipinski definition) is 2. The number of carboxylic acid groups (broad SMARTS) is 1. The van der Waals surface area contributed by atoms with Crippen LogP contribution in [0, 0.1) is 0 Å². The minimum atomic E-state index is -1.04. The molecule has 0 aliphatic heterocycles. The number of imidazole rings is 1. The van der Waals surface area contributed by atoms with Gasteiger partial charge in [0.2, 0.25) is 0 Å². The molecular formula is C15H9N3O3. The topological polar surface area (TPSA) is 87.5 Å². The number of para-hydroxylation sites is 1. The van der Waals surface area contributed by atoms with E-state index in [1.54, 1.807) is 12.1 Å². The third-order valence-corrected chi connectivity index (χ3v) is 3.51. The van der Waals surface area contributed by atoms with Crippen LogP contribution in [0.4, 0.5) is 0 Å². The van der Waals surface area contributed by atoms with Crippen molar-refractivity contribution >= 4 is 33.6 Å². The molecule has 0 atom stereocenters. The first-order valence-corrected chi connectivity index (χ1v) is 6.32. The highest BCUT2D eigenvalue weighted by atomic mass is 16.4. The molecule has 2 heterocycles. The summed E-state index contributed by atoms with van der Waals surface area (Å²) in [5, 5.41) is 9.89. The second-order valence-corrected chi connectivity index (χ2v) is 4.76. The van der Waals surface area contributed by atoms with E-state index >= 15 is 0 Å².